The van der Waals surface area contributed by atoms with Gasteiger partial charge in [-0.3, -0.25) is 4.90 Å². The molecule has 0 bridgehead atoms. The average molecular weight is 340 g/mol. The smallest absolute Gasteiger partial charge is 0.124 e. The van der Waals surface area contributed by atoms with Crippen LogP contribution in [0.1, 0.15) is 31.5 Å². The molecule has 0 N–H and O–H groups in total. The van der Waals surface area contributed by atoms with Crippen LogP contribution in [0.5, 0.6) is 0 Å². The second kappa shape index (κ2) is 6.80. The molecule has 1 aromatic carbocycles. The Bertz CT molecular complexity index is 812. The summed E-state index contributed by atoms with van der Waals surface area (Å²) >= 11 is 0. The predicted molar refractivity (Wildman–Crippen MR) is 92.3 cm³/mol. The van der Waals surface area contributed by atoms with Crippen molar-refractivity contribution in [2.24, 2.45) is 0 Å². The Morgan fingerprint density at radius 2 is 2.08 bits per heavy atom. The largest absolute Gasteiger partial charge is 0.364 e. The Morgan fingerprint density at radius 1 is 1.24 bits per heavy atom. The van der Waals surface area contributed by atoms with Crippen molar-refractivity contribution in [3.8, 4) is 11.3 Å². The highest BCUT2D eigenvalue weighted by atomic mass is 19.1. The molecule has 0 amide bonds. The summed E-state index contributed by atoms with van der Waals surface area (Å²) in [5, 5.41) is 4.01. The van der Waals surface area contributed by atoms with E-state index >= 15 is 0 Å². The number of likely N-dealkylation sites (tertiary alicyclic amines) is 1. The number of imidazole rings is 1. The number of aromatic nitrogens is 3. The molecular weight excluding hydrogens is 319 g/mol. The Balaban J connectivity index is 1.42. The first-order valence-electron chi connectivity index (χ1n) is 8.62. The van der Waals surface area contributed by atoms with Gasteiger partial charge in [-0.05, 0) is 44.0 Å². The van der Waals surface area contributed by atoms with Crippen LogP contribution in [-0.4, -0.2) is 32.2 Å². The third-order valence-electron chi connectivity index (χ3n) is 5.01. The summed E-state index contributed by atoms with van der Waals surface area (Å²) in [6.45, 7) is 4.10. The van der Waals surface area contributed by atoms with E-state index in [1.54, 1.807) is 18.4 Å². The van der Waals surface area contributed by atoms with Crippen molar-refractivity contribution in [1.82, 2.24) is 19.6 Å². The molecule has 2 atom stereocenters. The van der Waals surface area contributed by atoms with Gasteiger partial charge < -0.3 is 9.09 Å². The summed E-state index contributed by atoms with van der Waals surface area (Å²) in [6.07, 6.45) is 7.72. The van der Waals surface area contributed by atoms with Crippen molar-refractivity contribution in [2.45, 2.75) is 38.4 Å². The minimum absolute atomic E-state index is 0.225. The lowest BCUT2D eigenvalue weighted by molar-refractivity contribution is 0.116. The van der Waals surface area contributed by atoms with Gasteiger partial charge in [-0.1, -0.05) is 5.16 Å². The van der Waals surface area contributed by atoms with Gasteiger partial charge in [0.05, 0.1) is 17.7 Å². The Labute approximate surface area is 146 Å². The van der Waals surface area contributed by atoms with E-state index in [1.807, 2.05) is 12.4 Å². The highest BCUT2D eigenvalue weighted by Gasteiger charge is 2.27. The molecule has 1 aliphatic heterocycles. The van der Waals surface area contributed by atoms with E-state index in [0.29, 0.717) is 12.1 Å². The summed E-state index contributed by atoms with van der Waals surface area (Å²) in [7, 11) is 0. The van der Waals surface area contributed by atoms with Crippen molar-refractivity contribution in [2.75, 3.05) is 6.54 Å². The van der Waals surface area contributed by atoms with E-state index in [1.165, 1.54) is 12.1 Å². The summed E-state index contributed by atoms with van der Waals surface area (Å²) in [5.74, 6) is -0.225. The summed E-state index contributed by atoms with van der Waals surface area (Å²) in [4.78, 5) is 6.94. The van der Waals surface area contributed by atoms with Crippen molar-refractivity contribution < 1.29 is 8.91 Å². The molecule has 25 heavy (non-hydrogen) atoms. The Hall–Kier alpha value is -2.47. The standard InChI is InChI=1S/C19H21FN4O/c1-14-10-18(6-8-23(14)11-17-7-9-25-22-17)24-12-19(21-13-24)15-2-4-16(20)5-3-15/h2-5,7,9,12-14,18H,6,8,10-11H2,1H3. The zero-order chi connectivity index (χ0) is 17.2. The lowest BCUT2D eigenvalue weighted by Gasteiger charge is -2.37. The first-order valence-corrected chi connectivity index (χ1v) is 8.62. The van der Waals surface area contributed by atoms with E-state index in [2.05, 4.69) is 32.7 Å². The highest BCUT2D eigenvalue weighted by molar-refractivity contribution is 5.57. The van der Waals surface area contributed by atoms with Gasteiger partial charge in [-0.2, -0.15) is 0 Å². The molecule has 5 nitrogen and oxygen atoms in total. The first kappa shape index (κ1) is 16.0. The molecule has 2 aromatic heterocycles. The minimum atomic E-state index is -0.225. The molecule has 1 saturated heterocycles. The molecule has 1 aliphatic rings. The number of hydrogen-bond donors (Lipinski definition) is 0. The van der Waals surface area contributed by atoms with Crippen LogP contribution in [0.3, 0.4) is 0 Å². The molecule has 6 heteroatoms. The molecule has 0 aliphatic carbocycles. The normalized spacial score (nSPS) is 21.5. The fourth-order valence-corrected chi connectivity index (χ4v) is 3.53. The number of piperidine rings is 1. The minimum Gasteiger partial charge on any atom is -0.364 e. The van der Waals surface area contributed by atoms with Crippen LogP contribution in [0.4, 0.5) is 4.39 Å². The molecule has 0 saturated carbocycles. The van der Waals surface area contributed by atoms with E-state index in [9.17, 15) is 4.39 Å². The maximum absolute atomic E-state index is 13.1. The van der Waals surface area contributed by atoms with Crippen LogP contribution in [0.25, 0.3) is 11.3 Å². The molecule has 1 fully saturated rings. The lowest BCUT2D eigenvalue weighted by Crippen LogP contribution is -2.40. The van der Waals surface area contributed by atoms with Crippen LogP contribution < -0.4 is 0 Å². The Morgan fingerprint density at radius 3 is 2.80 bits per heavy atom. The van der Waals surface area contributed by atoms with E-state index < -0.39 is 0 Å². The number of hydrogen-bond acceptors (Lipinski definition) is 4. The molecular formula is C19H21FN4O. The number of rotatable bonds is 4. The molecule has 0 spiro atoms. The van der Waals surface area contributed by atoms with Crippen LogP contribution in [0.2, 0.25) is 0 Å². The zero-order valence-corrected chi connectivity index (χ0v) is 14.2. The van der Waals surface area contributed by atoms with Gasteiger partial charge in [0.25, 0.3) is 0 Å². The van der Waals surface area contributed by atoms with Crippen LogP contribution >= 0.6 is 0 Å². The van der Waals surface area contributed by atoms with Crippen molar-refractivity contribution in [3.63, 3.8) is 0 Å². The SMILES string of the molecule is CC1CC(n2cnc(-c3ccc(F)cc3)c2)CCN1Cc1ccon1. The maximum atomic E-state index is 13.1. The van der Waals surface area contributed by atoms with Gasteiger partial charge >= 0.3 is 0 Å². The quantitative estimate of drug-likeness (QED) is 0.723. The van der Waals surface area contributed by atoms with Crippen molar-refractivity contribution >= 4 is 0 Å². The molecule has 3 aromatic rings. The van der Waals surface area contributed by atoms with Crippen LogP contribution in [-0.2, 0) is 6.54 Å². The zero-order valence-electron chi connectivity index (χ0n) is 14.2. The summed E-state index contributed by atoms with van der Waals surface area (Å²) in [6, 6.07) is 9.30. The molecule has 2 unspecified atom stereocenters. The van der Waals surface area contributed by atoms with Crippen molar-refractivity contribution in [1.29, 1.82) is 0 Å². The van der Waals surface area contributed by atoms with Gasteiger partial charge in [-0.15, -0.1) is 0 Å². The van der Waals surface area contributed by atoms with Gasteiger partial charge in [-0.25, -0.2) is 9.37 Å². The second-order valence-electron chi connectivity index (χ2n) is 6.70. The van der Waals surface area contributed by atoms with Crippen LogP contribution in [0, 0.1) is 5.82 Å². The molecule has 130 valence electrons. The molecule has 0 radical (unpaired) electrons. The van der Waals surface area contributed by atoms with Gasteiger partial charge in [0.1, 0.15) is 12.1 Å². The molecule has 3 heterocycles. The Kier molecular flexibility index (Phi) is 4.36. The van der Waals surface area contributed by atoms with E-state index in [-0.39, 0.29) is 5.82 Å². The fraction of sp³-hybridized carbons (Fsp3) is 0.368. The van der Waals surface area contributed by atoms with Gasteiger partial charge in [0.2, 0.25) is 0 Å². The molecule has 4 rings (SSSR count). The first-order chi connectivity index (χ1) is 12.2. The fourth-order valence-electron chi connectivity index (χ4n) is 3.53. The monoisotopic (exact) mass is 340 g/mol. The van der Waals surface area contributed by atoms with Crippen molar-refractivity contribution in [3.05, 3.63) is 60.6 Å². The lowest BCUT2D eigenvalue weighted by atomic mass is 9.98. The van der Waals surface area contributed by atoms with Gasteiger partial charge in [0.15, 0.2) is 0 Å². The number of nitrogens with zero attached hydrogens (tertiary/aromatic N) is 4. The highest BCUT2D eigenvalue weighted by Crippen LogP contribution is 2.29. The number of benzene rings is 1. The van der Waals surface area contributed by atoms with E-state index in [4.69, 9.17) is 4.52 Å². The van der Waals surface area contributed by atoms with E-state index in [0.717, 1.165) is 42.9 Å². The van der Waals surface area contributed by atoms with Crippen LogP contribution in [0.15, 0.2) is 53.6 Å². The third-order valence-corrected chi connectivity index (χ3v) is 5.01. The van der Waals surface area contributed by atoms with Gasteiger partial charge in [0, 0.05) is 43.0 Å². The third kappa shape index (κ3) is 3.49. The predicted octanol–water partition coefficient (Wildman–Crippen LogP) is 3.90. The average Bonchev–Trinajstić information content (AvgIpc) is 3.29. The second-order valence-corrected chi connectivity index (χ2v) is 6.70. The summed E-state index contributed by atoms with van der Waals surface area (Å²) in [5.41, 5.74) is 2.81. The number of halogens is 1. The summed E-state index contributed by atoms with van der Waals surface area (Å²) < 4.78 is 20.2. The topological polar surface area (TPSA) is 47.1 Å². The maximum Gasteiger partial charge on any atom is 0.124 e.